The fraction of sp³-hybridized carbons (Fsp3) is 0.240. The van der Waals surface area contributed by atoms with E-state index < -0.39 is 17.6 Å². The molecule has 0 bridgehead atoms. The molecule has 0 atom stereocenters. The second-order valence-electron chi connectivity index (χ2n) is 8.64. The van der Waals surface area contributed by atoms with Gasteiger partial charge < -0.3 is 4.31 Å². The Kier molecular flexibility index (Phi) is 5.68. The SMILES string of the molecule is CC1(C)Cc2cc(-c3ccc(C(F)(F)F)cc3)ccc2N(Sc2ccc(C#N)c(F)c2)C1. The highest BCUT2D eigenvalue weighted by molar-refractivity contribution is 8.00. The Morgan fingerprint density at radius 2 is 1.66 bits per heavy atom. The molecule has 7 heteroatoms. The number of nitriles is 1. The number of alkyl halides is 3. The molecule has 0 N–H and O–H groups in total. The van der Waals surface area contributed by atoms with Gasteiger partial charge in [0.1, 0.15) is 11.9 Å². The standard InChI is InChI=1S/C25H20F4N2S/c1-24(2)13-19-11-17(16-3-7-20(8-4-16)25(27,28)29)6-10-23(19)31(15-24)32-21-9-5-18(14-30)22(26)12-21/h3-12H,13,15H2,1-2H3. The maximum absolute atomic E-state index is 14.1. The van der Waals surface area contributed by atoms with Gasteiger partial charge in [0.2, 0.25) is 0 Å². The van der Waals surface area contributed by atoms with Crippen LogP contribution in [0, 0.1) is 22.6 Å². The summed E-state index contributed by atoms with van der Waals surface area (Å²) in [5.74, 6) is -0.549. The van der Waals surface area contributed by atoms with E-state index >= 15 is 0 Å². The van der Waals surface area contributed by atoms with Gasteiger partial charge >= 0.3 is 6.18 Å². The van der Waals surface area contributed by atoms with Gasteiger partial charge in [-0.1, -0.05) is 32.0 Å². The Morgan fingerprint density at radius 3 is 2.28 bits per heavy atom. The minimum Gasteiger partial charge on any atom is -0.311 e. The quantitative estimate of drug-likeness (QED) is 0.302. The Labute approximate surface area is 188 Å². The van der Waals surface area contributed by atoms with Crippen molar-refractivity contribution in [3.8, 4) is 17.2 Å². The van der Waals surface area contributed by atoms with Crippen LogP contribution >= 0.6 is 11.9 Å². The molecule has 0 unspecified atom stereocenters. The Balaban J connectivity index is 1.65. The third-order valence-corrected chi connectivity index (χ3v) is 6.42. The van der Waals surface area contributed by atoms with Crippen molar-refractivity contribution in [2.45, 2.75) is 31.3 Å². The van der Waals surface area contributed by atoms with E-state index in [0.717, 1.165) is 47.5 Å². The van der Waals surface area contributed by atoms with Crippen molar-refractivity contribution in [3.63, 3.8) is 0 Å². The molecule has 0 fully saturated rings. The lowest BCUT2D eigenvalue weighted by Crippen LogP contribution is -2.36. The molecule has 0 spiro atoms. The number of halogens is 4. The molecule has 0 saturated carbocycles. The highest BCUT2D eigenvalue weighted by Gasteiger charge is 2.32. The molecule has 1 aliphatic rings. The van der Waals surface area contributed by atoms with E-state index in [2.05, 4.69) is 18.2 Å². The molecular formula is C25H20F4N2S. The van der Waals surface area contributed by atoms with Crippen LogP contribution in [0.1, 0.15) is 30.5 Å². The first-order valence-electron chi connectivity index (χ1n) is 10.0. The van der Waals surface area contributed by atoms with Crippen molar-refractivity contribution in [3.05, 3.63) is 83.2 Å². The lowest BCUT2D eigenvalue weighted by molar-refractivity contribution is -0.137. The van der Waals surface area contributed by atoms with Gasteiger partial charge in [0.15, 0.2) is 0 Å². The zero-order valence-corrected chi connectivity index (χ0v) is 18.3. The van der Waals surface area contributed by atoms with E-state index in [1.54, 1.807) is 6.07 Å². The van der Waals surface area contributed by atoms with Crippen molar-refractivity contribution in [2.75, 3.05) is 10.8 Å². The van der Waals surface area contributed by atoms with Crippen molar-refractivity contribution in [1.29, 1.82) is 5.26 Å². The lowest BCUT2D eigenvalue weighted by Gasteiger charge is -2.40. The van der Waals surface area contributed by atoms with E-state index in [1.165, 1.54) is 36.2 Å². The molecule has 0 radical (unpaired) electrons. The van der Waals surface area contributed by atoms with Crippen LogP contribution in [0.2, 0.25) is 0 Å². The zero-order chi connectivity index (χ0) is 23.1. The summed E-state index contributed by atoms with van der Waals surface area (Å²) in [5.41, 5.74) is 2.94. The highest BCUT2D eigenvalue weighted by atomic mass is 32.2. The molecule has 2 nitrogen and oxygen atoms in total. The summed E-state index contributed by atoms with van der Waals surface area (Å²) in [4.78, 5) is 0.692. The fourth-order valence-electron chi connectivity index (χ4n) is 3.90. The molecule has 0 aromatic heterocycles. The maximum atomic E-state index is 14.1. The summed E-state index contributed by atoms with van der Waals surface area (Å²) in [5, 5.41) is 8.94. The van der Waals surface area contributed by atoms with E-state index in [-0.39, 0.29) is 11.0 Å². The fourth-order valence-corrected chi connectivity index (χ4v) is 5.13. The molecule has 3 aromatic carbocycles. The van der Waals surface area contributed by atoms with Gasteiger partial charge in [0.05, 0.1) is 16.8 Å². The minimum atomic E-state index is -4.36. The molecule has 4 rings (SSSR count). The third-order valence-electron chi connectivity index (χ3n) is 5.41. The Morgan fingerprint density at radius 1 is 0.969 bits per heavy atom. The normalized spacial score (nSPS) is 15.2. The van der Waals surface area contributed by atoms with E-state index in [4.69, 9.17) is 5.26 Å². The van der Waals surface area contributed by atoms with Crippen LogP contribution < -0.4 is 4.31 Å². The molecule has 1 aliphatic heterocycles. The van der Waals surface area contributed by atoms with Gasteiger partial charge in [0.25, 0.3) is 0 Å². The van der Waals surface area contributed by atoms with Crippen LogP contribution in [-0.4, -0.2) is 6.54 Å². The van der Waals surface area contributed by atoms with Gasteiger partial charge in [0, 0.05) is 11.4 Å². The average molecular weight is 457 g/mol. The van der Waals surface area contributed by atoms with Gasteiger partial charge in [-0.3, -0.25) is 0 Å². The second kappa shape index (κ2) is 8.18. The number of benzene rings is 3. The number of fused-ring (bicyclic) bond motifs is 1. The predicted octanol–water partition coefficient (Wildman–Crippen LogP) is 7.48. The summed E-state index contributed by atoms with van der Waals surface area (Å²) in [6.45, 7) is 5.03. The minimum absolute atomic E-state index is 0.00917. The third kappa shape index (κ3) is 4.61. The summed E-state index contributed by atoms with van der Waals surface area (Å²) >= 11 is 1.41. The van der Waals surface area contributed by atoms with Crippen molar-refractivity contribution in [1.82, 2.24) is 0 Å². The first-order chi connectivity index (χ1) is 15.1. The van der Waals surface area contributed by atoms with Crippen LogP contribution in [-0.2, 0) is 12.6 Å². The van der Waals surface area contributed by atoms with Crippen molar-refractivity contribution in [2.24, 2.45) is 5.41 Å². The van der Waals surface area contributed by atoms with Crippen molar-refractivity contribution >= 4 is 17.6 Å². The number of anilines is 1. The molecular weight excluding hydrogens is 436 g/mol. The van der Waals surface area contributed by atoms with Gasteiger partial charge in [-0.05, 0) is 82.9 Å². The average Bonchev–Trinajstić information content (AvgIpc) is 2.72. The first-order valence-corrected chi connectivity index (χ1v) is 10.8. The maximum Gasteiger partial charge on any atom is 0.416 e. The van der Waals surface area contributed by atoms with Crippen LogP contribution in [0.4, 0.5) is 23.2 Å². The number of hydrogen-bond donors (Lipinski definition) is 0. The molecule has 3 aromatic rings. The molecule has 1 heterocycles. The van der Waals surface area contributed by atoms with Gasteiger partial charge in [-0.2, -0.15) is 18.4 Å². The molecule has 32 heavy (non-hydrogen) atoms. The highest BCUT2D eigenvalue weighted by Crippen LogP contribution is 2.43. The van der Waals surface area contributed by atoms with Crippen LogP contribution in [0.15, 0.2) is 65.6 Å². The molecule has 0 amide bonds. The van der Waals surface area contributed by atoms with Gasteiger partial charge in [-0.25, -0.2) is 4.39 Å². The lowest BCUT2D eigenvalue weighted by atomic mass is 9.81. The van der Waals surface area contributed by atoms with Gasteiger partial charge in [-0.15, -0.1) is 0 Å². The van der Waals surface area contributed by atoms with E-state index in [1.807, 2.05) is 24.3 Å². The molecule has 0 aliphatic carbocycles. The predicted molar refractivity (Wildman–Crippen MR) is 119 cm³/mol. The monoisotopic (exact) mass is 456 g/mol. The smallest absolute Gasteiger partial charge is 0.311 e. The number of hydrogen-bond acceptors (Lipinski definition) is 3. The Bertz CT molecular complexity index is 1190. The topological polar surface area (TPSA) is 27.0 Å². The molecule has 0 saturated heterocycles. The largest absolute Gasteiger partial charge is 0.416 e. The van der Waals surface area contributed by atoms with Crippen LogP contribution in [0.3, 0.4) is 0 Å². The van der Waals surface area contributed by atoms with Crippen LogP contribution in [0.25, 0.3) is 11.1 Å². The van der Waals surface area contributed by atoms with E-state index in [0.29, 0.717) is 4.90 Å². The number of nitrogens with zero attached hydrogens (tertiary/aromatic N) is 2. The van der Waals surface area contributed by atoms with Crippen molar-refractivity contribution < 1.29 is 17.6 Å². The van der Waals surface area contributed by atoms with Crippen LogP contribution in [0.5, 0.6) is 0 Å². The summed E-state index contributed by atoms with van der Waals surface area (Å²) in [6, 6.07) is 17.4. The second-order valence-corrected chi connectivity index (χ2v) is 9.74. The van der Waals surface area contributed by atoms with E-state index in [9.17, 15) is 17.6 Å². The number of rotatable bonds is 3. The summed E-state index contributed by atoms with van der Waals surface area (Å²) in [6.07, 6.45) is -3.54. The first kappa shape index (κ1) is 22.2. The molecule has 164 valence electrons. The Hall–Kier alpha value is -2.98. The summed E-state index contributed by atoms with van der Waals surface area (Å²) in [7, 11) is 0. The summed E-state index contributed by atoms with van der Waals surface area (Å²) < 4.78 is 54.8. The zero-order valence-electron chi connectivity index (χ0n) is 17.5.